The van der Waals surface area contributed by atoms with Crippen LogP contribution in [0.3, 0.4) is 0 Å². The third-order valence-electron chi connectivity index (χ3n) is 2.54. The molecule has 9 heavy (non-hydrogen) atoms. The third kappa shape index (κ3) is 0.485. The van der Waals surface area contributed by atoms with Crippen LogP contribution in [0.4, 0.5) is 0 Å². The van der Waals surface area contributed by atoms with E-state index < -0.39 is 0 Å². The zero-order valence-electron chi connectivity index (χ0n) is 5.52. The molecule has 0 radical (unpaired) electrons. The van der Waals surface area contributed by atoms with E-state index in [1.54, 1.807) is 0 Å². The lowest BCUT2D eigenvalue weighted by molar-refractivity contribution is -0.257. The Kier molecular flexibility index (Phi) is 0.675. The van der Waals surface area contributed by atoms with Gasteiger partial charge in [-0.15, -0.1) is 0 Å². The summed E-state index contributed by atoms with van der Waals surface area (Å²) in [6, 6.07) is 0. The van der Waals surface area contributed by atoms with Crippen LogP contribution in [0.1, 0.15) is 26.2 Å². The monoisotopic (exact) mass is 126 g/mol. The van der Waals surface area contributed by atoms with Crippen molar-refractivity contribution in [2.45, 2.75) is 31.8 Å². The van der Waals surface area contributed by atoms with Crippen LogP contribution in [0, 0.1) is 5.41 Å². The van der Waals surface area contributed by atoms with Gasteiger partial charge >= 0.3 is 0 Å². The zero-order chi connectivity index (χ0) is 6.54. The lowest BCUT2D eigenvalue weighted by Gasteiger charge is -2.67. The molecule has 2 nitrogen and oxygen atoms in total. The molecule has 3 fully saturated rings. The fraction of sp³-hybridized carbons (Fsp3) is 0.857. The van der Waals surface area contributed by atoms with Gasteiger partial charge in [0, 0.05) is 0 Å². The lowest BCUT2D eigenvalue weighted by atomic mass is 9.42. The molecule has 0 heterocycles. The van der Waals surface area contributed by atoms with Gasteiger partial charge in [0.2, 0.25) is 0 Å². The molecule has 0 aromatic heterocycles. The molecule has 0 N–H and O–H groups in total. The van der Waals surface area contributed by atoms with Crippen molar-refractivity contribution in [1.82, 2.24) is 0 Å². The summed E-state index contributed by atoms with van der Waals surface area (Å²) in [5, 5.41) is 0. The second-order valence-corrected chi connectivity index (χ2v) is 3.74. The minimum absolute atomic E-state index is 0.0104. The summed E-state index contributed by atoms with van der Waals surface area (Å²) >= 11 is 0. The van der Waals surface area contributed by atoms with Crippen molar-refractivity contribution >= 4 is 6.47 Å². The Bertz CT molecular complexity index is 143. The summed E-state index contributed by atoms with van der Waals surface area (Å²) in [6.07, 6.45) is 3.29. The van der Waals surface area contributed by atoms with Crippen LogP contribution in [0.2, 0.25) is 0 Å². The summed E-state index contributed by atoms with van der Waals surface area (Å²) < 4.78 is 4.92. The third-order valence-corrected chi connectivity index (χ3v) is 2.54. The van der Waals surface area contributed by atoms with Gasteiger partial charge in [-0.2, -0.15) is 0 Å². The predicted octanol–water partition coefficient (Wildman–Crippen LogP) is 1.10. The smallest absolute Gasteiger partial charge is 0.293 e. The maximum Gasteiger partial charge on any atom is 0.293 e. The number of carbonyl (C=O) groups is 1. The van der Waals surface area contributed by atoms with E-state index in [1.165, 1.54) is 0 Å². The Morgan fingerprint density at radius 2 is 2.00 bits per heavy atom. The van der Waals surface area contributed by atoms with E-state index in [2.05, 4.69) is 6.92 Å². The van der Waals surface area contributed by atoms with Crippen molar-refractivity contribution in [3.05, 3.63) is 0 Å². The van der Waals surface area contributed by atoms with Crippen molar-refractivity contribution in [1.29, 1.82) is 0 Å². The summed E-state index contributed by atoms with van der Waals surface area (Å²) in [4.78, 5) is 9.92. The number of hydrogen-bond donors (Lipinski definition) is 0. The average Bonchev–Trinajstić information content (AvgIpc) is 1.60. The van der Waals surface area contributed by atoms with Gasteiger partial charge in [-0.05, 0) is 24.7 Å². The van der Waals surface area contributed by atoms with Crippen LogP contribution in [0.5, 0.6) is 0 Å². The first-order valence-corrected chi connectivity index (χ1v) is 3.30. The highest BCUT2D eigenvalue weighted by Crippen LogP contribution is 2.68. The topological polar surface area (TPSA) is 26.3 Å². The van der Waals surface area contributed by atoms with E-state index in [9.17, 15) is 4.79 Å². The first-order valence-electron chi connectivity index (χ1n) is 3.30. The molecular weight excluding hydrogens is 116 g/mol. The fourth-order valence-electron chi connectivity index (χ4n) is 2.41. The number of hydrogen-bond acceptors (Lipinski definition) is 2. The van der Waals surface area contributed by atoms with E-state index in [0.717, 1.165) is 19.3 Å². The Labute approximate surface area is 54.2 Å². The highest BCUT2D eigenvalue weighted by Gasteiger charge is 2.67. The minimum Gasteiger partial charge on any atom is -0.461 e. The molecule has 0 amide bonds. The number of rotatable bonds is 2. The van der Waals surface area contributed by atoms with Gasteiger partial charge in [-0.25, -0.2) is 0 Å². The van der Waals surface area contributed by atoms with Gasteiger partial charge in [0.25, 0.3) is 6.47 Å². The summed E-state index contributed by atoms with van der Waals surface area (Å²) in [5.41, 5.74) is 0.555. The average molecular weight is 126 g/mol. The molecule has 0 unspecified atom stereocenters. The highest BCUT2D eigenvalue weighted by atomic mass is 16.5. The quantitative estimate of drug-likeness (QED) is 0.518. The van der Waals surface area contributed by atoms with Crippen molar-refractivity contribution in [2.24, 2.45) is 5.41 Å². The first-order chi connectivity index (χ1) is 4.18. The number of ether oxygens (including phenoxy) is 1. The van der Waals surface area contributed by atoms with Crippen LogP contribution < -0.4 is 0 Å². The van der Waals surface area contributed by atoms with Crippen LogP contribution in [0.15, 0.2) is 0 Å². The van der Waals surface area contributed by atoms with Crippen molar-refractivity contribution in [3.8, 4) is 0 Å². The zero-order valence-corrected chi connectivity index (χ0v) is 5.52. The van der Waals surface area contributed by atoms with Crippen LogP contribution in [-0.2, 0) is 9.53 Å². The van der Waals surface area contributed by atoms with Gasteiger partial charge in [0.15, 0.2) is 0 Å². The Morgan fingerprint density at radius 1 is 1.44 bits per heavy atom. The normalized spacial score (nSPS) is 53.0. The lowest BCUT2D eigenvalue weighted by Crippen LogP contribution is -2.66. The molecule has 2 heteroatoms. The standard InChI is InChI=1S/C7H10O2/c1-6-2-7(3-6,4-6)9-5-8/h5H,2-4H2,1H3. The van der Waals surface area contributed by atoms with E-state index in [0.29, 0.717) is 11.9 Å². The molecule has 3 aliphatic rings. The van der Waals surface area contributed by atoms with Crippen LogP contribution in [0.25, 0.3) is 0 Å². The van der Waals surface area contributed by atoms with Gasteiger partial charge in [-0.3, -0.25) is 4.79 Å². The minimum atomic E-state index is 0.0104. The fourth-order valence-corrected chi connectivity index (χ4v) is 2.41. The summed E-state index contributed by atoms with van der Waals surface area (Å²) in [7, 11) is 0. The molecule has 0 aliphatic heterocycles. The molecule has 50 valence electrons. The van der Waals surface area contributed by atoms with Crippen LogP contribution >= 0.6 is 0 Å². The second kappa shape index (κ2) is 1.15. The summed E-state index contributed by atoms with van der Waals surface area (Å²) in [6.45, 7) is 2.82. The molecule has 0 spiro atoms. The van der Waals surface area contributed by atoms with Crippen molar-refractivity contribution in [2.75, 3.05) is 0 Å². The molecular formula is C7H10O2. The van der Waals surface area contributed by atoms with E-state index in [4.69, 9.17) is 4.74 Å². The molecule has 2 bridgehead atoms. The Balaban J connectivity index is 1.96. The largest absolute Gasteiger partial charge is 0.461 e. The van der Waals surface area contributed by atoms with Crippen molar-refractivity contribution in [3.63, 3.8) is 0 Å². The molecule has 0 atom stereocenters. The molecule has 0 saturated heterocycles. The summed E-state index contributed by atoms with van der Waals surface area (Å²) in [5.74, 6) is 0. The van der Waals surface area contributed by atoms with Crippen molar-refractivity contribution < 1.29 is 9.53 Å². The molecule has 3 aliphatic carbocycles. The van der Waals surface area contributed by atoms with Gasteiger partial charge < -0.3 is 4.74 Å². The maximum atomic E-state index is 9.92. The molecule has 0 aromatic rings. The van der Waals surface area contributed by atoms with Crippen LogP contribution in [-0.4, -0.2) is 12.1 Å². The molecule has 3 saturated carbocycles. The Morgan fingerprint density at radius 3 is 2.33 bits per heavy atom. The van der Waals surface area contributed by atoms with E-state index in [1.807, 2.05) is 0 Å². The molecule has 0 aromatic carbocycles. The second-order valence-electron chi connectivity index (χ2n) is 3.74. The number of carbonyl (C=O) groups excluding carboxylic acids is 1. The maximum absolute atomic E-state index is 9.92. The van der Waals surface area contributed by atoms with E-state index in [-0.39, 0.29) is 5.60 Å². The molecule has 3 rings (SSSR count). The Hall–Kier alpha value is -0.530. The highest BCUT2D eigenvalue weighted by molar-refractivity contribution is 5.41. The van der Waals surface area contributed by atoms with Gasteiger partial charge in [-0.1, -0.05) is 6.92 Å². The van der Waals surface area contributed by atoms with E-state index >= 15 is 0 Å². The predicted molar refractivity (Wildman–Crippen MR) is 31.8 cm³/mol. The van der Waals surface area contributed by atoms with Gasteiger partial charge in [0.05, 0.1) is 0 Å². The SMILES string of the molecule is CC12CC(OC=O)(C1)C2. The van der Waals surface area contributed by atoms with Gasteiger partial charge in [0.1, 0.15) is 5.60 Å². The first kappa shape index (κ1) is 5.27.